The Kier molecular flexibility index (Phi) is 3.38. The molecule has 2 saturated heterocycles. The fraction of sp³-hybridized carbons (Fsp3) is 0.600. The van der Waals surface area contributed by atoms with Gasteiger partial charge in [-0.15, -0.1) is 0 Å². The number of piperidine rings is 1. The molecule has 2 aliphatic heterocycles. The Morgan fingerprint density at radius 1 is 1.30 bits per heavy atom. The van der Waals surface area contributed by atoms with Gasteiger partial charge in [0.15, 0.2) is 0 Å². The van der Waals surface area contributed by atoms with Crippen molar-refractivity contribution in [3.8, 4) is 5.75 Å². The molecule has 5 heteroatoms. The SMILES string of the molecule is Cc1cc(OC2C[C@H]3CC[C@@H](C2)N3C)ccc1[N+](=O)[O-]. The maximum Gasteiger partial charge on any atom is 0.272 e. The van der Waals surface area contributed by atoms with Crippen molar-refractivity contribution < 1.29 is 9.66 Å². The number of benzene rings is 1. The van der Waals surface area contributed by atoms with Crippen LogP contribution in [-0.2, 0) is 0 Å². The fourth-order valence-electron chi connectivity index (χ4n) is 3.56. The van der Waals surface area contributed by atoms with Gasteiger partial charge in [0.2, 0.25) is 0 Å². The monoisotopic (exact) mass is 276 g/mol. The van der Waals surface area contributed by atoms with Gasteiger partial charge >= 0.3 is 0 Å². The summed E-state index contributed by atoms with van der Waals surface area (Å²) in [4.78, 5) is 12.9. The van der Waals surface area contributed by atoms with Crippen molar-refractivity contribution in [2.45, 2.75) is 50.8 Å². The van der Waals surface area contributed by atoms with Gasteiger partial charge in [0.1, 0.15) is 11.9 Å². The highest BCUT2D eigenvalue weighted by Crippen LogP contribution is 2.36. The highest BCUT2D eigenvalue weighted by Gasteiger charge is 2.39. The van der Waals surface area contributed by atoms with E-state index in [1.807, 2.05) is 0 Å². The fourth-order valence-corrected chi connectivity index (χ4v) is 3.56. The number of nitrogens with zero attached hydrogens (tertiary/aromatic N) is 2. The summed E-state index contributed by atoms with van der Waals surface area (Å²) < 4.78 is 6.05. The summed E-state index contributed by atoms with van der Waals surface area (Å²) in [7, 11) is 2.20. The highest BCUT2D eigenvalue weighted by molar-refractivity contribution is 5.44. The summed E-state index contributed by atoms with van der Waals surface area (Å²) in [5.74, 6) is 0.752. The minimum absolute atomic E-state index is 0.154. The molecule has 1 aromatic carbocycles. The van der Waals surface area contributed by atoms with Gasteiger partial charge < -0.3 is 9.64 Å². The molecule has 1 aromatic rings. The molecule has 3 atom stereocenters. The van der Waals surface area contributed by atoms with Gasteiger partial charge in [0, 0.05) is 23.7 Å². The van der Waals surface area contributed by atoms with Gasteiger partial charge in [-0.05, 0) is 51.8 Å². The average molecular weight is 276 g/mol. The van der Waals surface area contributed by atoms with Crippen LogP contribution in [0.1, 0.15) is 31.2 Å². The van der Waals surface area contributed by atoms with E-state index < -0.39 is 0 Å². The second-order valence-corrected chi connectivity index (χ2v) is 5.97. The number of ether oxygens (including phenoxy) is 1. The lowest BCUT2D eigenvalue weighted by atomic mass is 10.0. The molecule has 0 saturated carbocycles. The molecule has 108 valence electrons. The first-order valence-electron chi connectivity index (χ1n) is 7.18. The first kappa shape index (κ1) is 13.4. The standard InChI is InChI=1S/C15H20N2O3/c1-10-7-13(5-6-15(10)17(18)19)20-14-8-11-3-4-12(9-14)16(11)2/h5-7,11-12,14H,3-4,8-9H2,1-2H3/t11-,12+,14?. The number of hydrogen-bond donors (Lipinski definition) is 0. The molecule has 5 nitrogen and oxygen atoms in total. The first-order valence-corrected chi connectivity index (χ1v) is 7.18. The largest absolute Gasteiger partial charge is 0.490 e. The predicted octanol–water partition coefficient (Wildman–Crippen LogP) is 2.91. The van der Waals surface area contributed by atoms with Crippen molar-refractivity contribution in [3.05, 3.63) is 33.9 Å². The van der Waals surface area contributed by atoms with E-state index in [1.165, 1.54) is 18.9 Å². The van der Waals surface area contributed by atoms with Crippen LogP contribution in [0.3, 0.4) is 0 Å². The second kappa shape index (κ2) is 5.05. The topological polar surface area (TPSA) is 55.6 Å². The van der Waals surface area contributed by atoms with E-state index in [9.17, 15) is 10.1 Å². The van der Waals surface area contributed by atoms with Crippen molar-refractivity contribution in [3.63, 3.8) is 0 Å². The number of nitro benzene ring substituents is 1. The normalized spacial score (nSPS) is 29.4. The number of hydrogen-bond acceptors (Lipinski definition) is 4. The Morgan fingerprint density at radius 2 is 1.95 bits per heavy atom. The van der Waals surface area contributed by atoms with Crippen LogP contribution in [0.25, 0.3) is 0 Å². The van der Waals surface area contributed by atoms with Crippen molar-refractivity contribution in [1.29, 1.82) is 0 Å². The van der Waals surface area contributed by atoms with E-state index in [-0.39, 0.29) is 16.7 Å². The van der Waals surface area contributed by atoms with E-state index in [0.717, 1.165) is 18.6 Å². The van der Waals surface area contributed by atoms with Gasteiger partial charge in [-0.2, -0.15) is 0 Å². The number of nitro groups is 1. The Balaban J connectivity index is 1.70. The molecule has 2 heterocycles. The lowest BCUT2D eigenvalue weighted by Gasteiger charge is -2.36. The van der Waals surface area contributed by atoms with Crippen molar-refractivity contribution in [1.82, 2.24) is 4.90 Å². The van der Waals surface area contributed by atoms with Crippen LogP contribution in [-0.4, -0.2) is 35.1 Å². The molecule has 0 aliphatic carbocycles. The number of rotatable bonds is 3. The van der Waals surface area contributed by atoms with Crippen LogP contribution in [0.5, 0.6) is 5.75 Å². The molecule has 0 radical (unpaired) electrons. The lowest BCUT2D eigenvalue weighted by molar-refractivity contribution is -0.385. The Labute approximate surface area is 118 Å². The zero-order chi connectivity index (χ0) is 14.3. The van der Waals surface area contributed by atoms with Gasteiger partial charge in [0.25, 0.3) is 5.69 Å². The molecule has 1 unspecified atom stereocenters. The Hall–Kier alpha value is -1.62. The molecular weight excluding hydrogens is 256 g/mol. The quantitative estimate of drug-likeness (QED) is 0.629. The molecule has 0 amide bonds. The smallest absolute Gasteiger partial charge is 0.272 e. The van der Waals surface area contributed by atoms with Crippen LogP contribution < -0.4 is 4.74 Å². The molecule has 0 spiro atoms. The zero-order valence-electron chi connectivity index (χ0n) is 11.9. The predicted molar refractivity (Wildman–Crippen MR) is 76.1 cm³/mol. The third-order valence-electron chi connectivity index (χ3n) is 4.72. The number of aryl methyl sites for hydroxylation is 1. The van der Waals surface area contributed by atoms with Crippen LogP contribution in [0.4, 0.5) is 5.69 Å². The van der Waals surface area contributed by atoms with Crippen molar-refractivity contribution in [2.75, 3.05) is 7.05 Å². The maximum atomic E-state index is 10.8. The van der Waals surface area contributed by atoms with Crippen LogP contribution in [0.15, 0.2) is 18.2 Å². The first-order chi connectivity index (χ1) is 9.54. The summed E-state index contributed by atoms with van der Waals surface area (Å²) in [5, 5.41) is 10.8. The van der Waals surface area contributed by atoms with E-state index in [0.29, 0.717) is 17.6 Å². The summed E-state index contributed by atoms with van der Waals surface area (Å²) in [5.41, 5.74) is 0.809. The molecule has 2 bridgehead atoms. The maximum absolute atomic E-state index is 10.8. The third-order valence-corrected chi connectivity index (χ3v) is 4.72. The summed E-state index contributed by atoms with van der Waals surface area (Å²) in [6, 6.07) is 6.30. The molecule has 2 aliphatic rings. The van der Waals surface area contributed by atoms with E-state index >= 15 is 0 Å². The van der Waals surface area contributed by atoms with Gasteiger partial charge in [0.05, 0.1) is 4.92 Å². The van der Waals surface area contributed by atoms with E-state index in [4.69, 9.17) is 4.74 Å². The van der Waals surface area contributed by atoms with Crippen molar-refractivity contribution in [2.24, 2.45) is 0 Å². The van der Waals surface area contributed by atoms with Crippen LogP contribution >= 0.6 is 0 Å². The number of fused-ring (bicyclic) bond motifs is 2. The van der Waals surface area contributed by atoms with Gasteiger partial charge in [-0.25, -0.2) is 0 Å². The summed E-state index contributed by atoms with van der Waals surface area (Å²) in [6.07, 6.45) is 4.89. The lowest BCUT2D eigenvalue weighted by Crippen LogP contribution is -2.43. The molecular formula is C15H20N2O3. The Morgan fingerprint density at radius 3 is 2.50 bits per heavy atom. The van der Waals surface area contributed by atoms with Gasteiger partial charge in [-0.1, -0.05) is 0 Å². The zero-order valence-corrected chi connectivity index (χ0v) is 11.9. The molecule has 3 rings (SSSR count). The molecule has 2 fully saturated rings. The average Bonchev–Trinajstić information content (AvgIpc) is 2.62. The molecule has 20 heavy (non-hydrogen) atoms. The van der Waals surface area contributed by atoms with Gasteiger partial charge in [-0.3, -0.25) is 10.1 Å². The molecule has 0 N–H and O–H groups in total. The minimum atomic E-state index is -0.352. The molecule has 0 aromatic heterocycles. The van der Waals surface area contributed by atoms with Crippen LogP contribution in [0.2, 0.25) is 0 Å². The highest BCUT2D eigenvalue weighted by atomic mass is 16.6. The van der Waals surface area contributed by atoms with Crippen LogP contribution in [0, 0.1) is 17.0 Å². The van der Waals surface area contributed by atoms with E-state index in [2.05, 4.69) is 11.9 Å². The minimum Gasteiger partial charge on any atom is -0.490 e. The van der Waals surface area contributed by atoms with E-state index in [1.54, 1.807) is 19.1 Å². The summed E-state index contributed by atoms with van der Waals surface area (Å²) >= 11 is 0. The van der Waals surface area contributed by atoms with Crippen molar-refractivity contribution >= 4 is 5.69 Å². The third kappa shape index (κ3) is 2.38. The second-order valence-electron chi connectivity index (χ2n) is 5.97. The summed E-state index contributed by atoms with van der Waals surface area (Å²) in [6.45, 7) is 1.75. The Bertz CT molecular complexity index is 518.